The summed E-state index contributed by atoms with van der Waals surface area (Å²) in [5.41, 5.74) is 2.64. The van der Waals surface area contributed by atoms with Gasteiger partial charge in [-0.25, -0.2) is 0 Å². The molecule has 1 unspecified atom stereocenters. The number of methoxy groups -OCH3 is 1. The predicted molar refractivity (Wildman–Crippen MR) is 154 cm³/mol. The standard InChI is InChI=1S/C35H60O2/c1-24(12-9-10-13-30(36)37-8)25-16-21-32(4)26(25)17-22-34(6)28(32)14-15-29-33(5)20-11-19-31(2,3)27(33)18-23-35(29,34)7/h24-29H,9-23H2,1-8H3/t24?,25-,26+,27+,28-,29-,32+,33+,34-,35-/m1/s1. The molecule has 0 aliphatic heterocycles. The fourth-order valence-electron chi connectivity index (χ4n) is 13.1. The van der Waals surface area contributed by atoms with E-state index in [1.165, 1.54) is 90.6 Å². The Bertz CT molecular complexity index is 861. The highest BCUT2D eigenvalue weighted by molar-refractivity contribution is 5.68. The molecule has 5 aliphatic rings. The number of fused-ring (bicyclic) bond motifs is 7. The van der Waals surface area contributed by atoms with E-state index in [4.69, 9.17) is 4.74 Å². The number of hydrogen-bond donors (Lipinski definition) is 0. The van der Waals surface area contributed by atoms with Crippen LogP contribution in [0.4, 0.5) is 0 Å². The van der Waals surface area contributed by atoms with Gasteiger partial charge >= 0.3 is 5.97 Å². The molecule has 2 nitrogen and oxygen atoms in total. The summed E-state index contributed by atoms with van der Waals surface area (Å²) >= 11 is 0. The molecule has 0 amide bonds. The maximum absolute atomic E-state index is 11.5. The summed E-state index contributed by atoms with van der Waals surface area (Å²) in [5, 5.41) is 0. The lowest BCUT2D eigenvalue weighted by Crippen LogP contribution is -2.65. The van der Waals surface area contributed by atoms with Gasteiger partial charge in [0.25, 0.3) is 0 Å². The van der Waals surface area contributed by atoms with Crippen molar-refractivity contribution in [2.45, 2.75) is 145 Å². The molecule has 5 saturated carbocycles. The maximum Gasteiger partial charge on any atom is 0.305 e. The van der Waals surface area contributed by atoms with Crippen LogP contribution in [0, 0.1) is 62.6 Å². The summed E-state index contributed by atoms with van der Waals surface area (Å²) in [5.74, 6) is 5.32. The van der Waals surface area contributed by atoms with Gasteiger partial charge in [0.1, 0.15) is 0 Å². The zero-order chi connectivity index (χ0) is 26.9. The number of rotatable bonds is 6. The van der Waals surface area contributed by atoms with Crippen LogP contribution in [0.15, 0.2) is 0 Å². The first-order valence-corrected chi connectivity index (χ1v) is 16.4. The summed E-state index contributed by atoms with van der Waals surface area (Å²) in [4.78, 5) is 11.5. The lowest BCUT2D eigenvalue weighted by atomic mass is 9.32. The van der Waals surface area contributed by atoms with Crippen molar-refractivity contribution < 1.29 is 9.53 Å². The van der Waals surface area contributed by atoms with Crippen molar-refractivity contribution in [3.05, 3.63) is 0 Å². The second-order valence-electron chi connectivity index (χ2n) is 16.6. The van der Waals surface area contributed by atoms with Crippen molar-refractivity contribution >= 4 is 5.97 Å². The van der Waals surface area contributed by atoms with Gasteiger partial charge in [-0.05, 0) is 133 Å². The second kappa shape index (κ2) is 9.54. The molecule has 5 rings (SSSR count). The molecule has 0 heterocycles. The molecular weight excluding hydrogens is 452 g/mol. The van der Waals surface area contributed by atoms with Crippen molar-refractivity contribution in [2.24, 2.45) is 62.6 Å². The molecule has 0 aromatic rings. The summed E-state index contributed by atoms with van der Waals surface area (Å²) in [7, 11) is 1.51. The Balaban J connectivity index is 1.33. The first kappa shape index (κ1) is 28.0. The van der Waals surface area contributed by atoms with Crippen LogP contribution in [0.3, 0.4) is 0 Å². The molecule has 0 aromatic heterocycles. The van der Waals surface area contributed by atoms with E-state index in [1.54, 1.807) is 0 Å². The highest BCUT2D eigenvalue weighted by atomic mass is 16.5. The van der Waals surface area contributed by atoms with Crippen LogP contribution in [-0.2, 0) is 9.53 Å². The van der Waals surface area contributed by atoms with E-state index in [0.29, 0.717) is 33.5 Å². The van der Waals surface area contributed by atoms with Gasteiger partial charge < -0.3 is 4.74 Å². The number of carbonyl (C=O) groups excluding carboxylic acids is 1. The average molecular weight is 513 g/mol. The molecule has 0 spiro atoms. The number of unbranched alkanes of at least 4 members (excludes halogenated alkanes) is 1. The molecule has 5 aliphatic carbocycles. The fraction of sp³-hybridized carbons (Fsp3) is 0.971. The first-order chi connectivity index (χ1) is 17.3. The van der Waals surface area contributed by atoms with Crippen molar-refractivity contribution in [3.8, 4) is 0 Å². The van der Waals surface area contributed by atoms with E-state index >= 15 is 0 Å². The Kier molecular flexibility index (Phi) is 7.22. The van der Waals surface area contributed by atoms with Gasteiger partial charge in [-0.15, -0.1) is 0 Å². The van der Waals surface area contributed by atoms with Crippen LogP contribution in [0.5, 0.6) is 0 Å². The average Bonchev–Trinajstić information content (AvgIpc) is 3.18. The Morgan fingerprint density at radius 1 is 0.757 bits per heavy atom. The van der Waals surface area contributed by atoms with Crippen LogP contribution >= 0.6 is 0 Å². The molecule has 0 radical (unpaired) electrons. The number of carbonyl (C=O) groups is 1. The van der Waals surface area contributed by atoms with Gasteiger partial charge in [0, 0.05) is 6.42 Å². The largest absolute Gasteiger partial charge is 0.469 e. The topological polar surface area (TPSA) is 26.3 Å². The SMILES string of the molecule is COC(=O)CCCCC(C)[C@H]1CC[C@]2(C)[C@H]3CC[C@@H]4[C@@]5(C)CCCC(C)(C)[C@@H]5CC[C@@]4(C)[C@]3(C)CC[C@@H]12. The quantitative estimate of drug-likeness (QED) is 0.261. The van der Waals surface area contributed by atoms with Gasteiger partial charge in [-0.3, -0.25) is 4.79 Å². The van der Waals surface area contributed by atoms with Crippen LogP contribution in [-0.4, -0.2) is 13.1 Å². The highest BCUT2D eigenvalue weighted by Crippen LogP contribution is 2.78. The second-order valence-corrected chi connectivity index (χ2v) is 16.6. The Morgan fingerprint density at radius 2 is 1.41 bits per heavy atom. The molecular formula is C35H60O2. The predicted octanol–water partition coefficient (Wildman–Crippen LogP) is 9.85. The van der Waals surface area contributed by atoms with Gasteiger partial charge in [-0.2, -0.15) is 0 Å². The van der Waals surface area contributed by atoms with Crippen LogP contribution < -0.4 is 0 Å². The zero-order valence-electron chi connectivity index (χ0n) is 25.9. The Hall–Kier alpha value is -0.530. The summed E-state index contributed by atoms with van der Waals surface area (Å²) in [6.45, 7) is 18.8. The first-order valence-electron chi connectivity index (χ1n) is 16.4. The molecule has 0 bridgehead atoms. The monoisotopic (exact) mass is 512 g/mol. The maximum atomic E-state index is 11.5. The minimum Gasteiger partial charge on any atom is -0.469 e. The third kappa shape index (κ3) is 4.10. The highest BCUT2D eigenvalue weighted by Gasteiger charge is 2.70. The van der Waals surface area contributed by atoms with Crippen molar-refractivity contribution in [1.82, 2.24) is 0 Å². The summed E-state index contributed by atoms with van der Waals surface area (Å²) in [6.07, 6.45) is 20.2. The molecule has 0 N–H and O–H groups in total. The van der Waals surface area contributed by atoms with Gasteiger partial charge in [0.2, 0.25) is 0 Å². The zero-order valence-corrected chi connectivity index (χ0v) is 25.9. The third-order valence-electron chi connectivity index (χ3n) is 15.0. The molecule has 2 heteroatoms. The summed E-state index contributed by atoms with van der Waals surface area (Å²) in [6, 6.07) is 0. The third-order valence-corrected chi connectivity index (χ3v) is 15.0. The number of ether oxygens (including phenoxy) is 1. The molecule has 0 saturated heterocycles. The van der Waals surface area contributed by atoms with E-state index in [1.807, 2.05) is 0 Å². The smallest absolute Gasteiger partial charge is 0.305 e. The van der Waals surface area contributed by atoms with Crippen molar-refractivity contribution in [1.29, 1.82) is 0 Å². The van der Waals surface area contributed by atoms with E-state index in [0.717, 1.165) is 41.9 Å². The van der Waals surface area contributed by atoms with Gasteiger partial charge in [0.15, 0.2) is 0 Å². The van der Waals surface area contributed by atoms with E-state index in [2.05, 4.69) is 48.5 Å². The van der Waals surface area contributed by atoms with Crippen molar-refractivity contribution in [2.75, 3.05) is 7.11 Å². The lowest BCUT2D eigenvalue weighted by Gasteiger charge is -2.73. The fourth-order valence-corrected chi connectivity index (χ4v) is 13.1. The van der Waals surface area contributed by atoms with Gasteiger partial charge in [-0.1, -0.05) is 67.7 Å². The van der Waals surface area contributed by atoms with Crippen molar-refractivity contribution in [3.63, 3.8) is 0 Å². The molecule has 212 valence electrons. The molecule has 0 aromatic carbocycles. The minimum absolute atomic E-state index is 0.0450. The Morgan fingerprint density at radius 3 is 2.08 bits per heavy atom. The minimum atomic E-state index is -0.0450. The van der Waals surface area contributed by atoms with Gasteiger partial charge in [0.05, 0.1) is 7.11 Å². The lowest BCUT2D eigenvalue weighted by molar-refractivity contribution is -0.241. The summed E-state index contributed by atoms with van der Waals surface area (Å²) < 4.78 is 4.85. The Labute approximate surface area is 229 Å². The molecule has 5 fully saturated rings. The van der Waals surface area contributed by atoms with Crippen LogP contribution in [0.2, 0.25) is 0 Å². The number of esters is 1. The van der Waals surface area contributed by atoms with E-state index in [-0.39, 0.29) is 5.97 Å². The molecule has 37 heavy (non-hydrogen) atoms. The molecule has 10 atom stereocenters. The number of hydrogen-bond acceptors (Lipinski definition) is 2. The van der Waals surface area contributed by atoms with E-state index in [9.17, 15) is 4.79 Å². The van der Waals surface area contributed by atoms with E-state index < -0.39 is 0 Å². The van der Waals surface area contributed by atoms with Crippen LogP contribution in [0.1, 0.15) is 145 Å². The van der Waals surface area contributed by atoms with Crippen LogP contribution in [0.25, 0.3) is 0 Å². The normalized spacial score (nSPS) is 49.2.